The maximum atomic E-state index is 8.85. The van der Waals surface area contributed by atoms with Gasteiger partial charge in [-0.25, -0.2) is 0 Å². The molecule has 0 fully saturated rings. The molecule has 0 aromatic rings. The van der Waals surface area contributed by atoms with Crippen LogP contribution >= 0.6 is 0 Å². The molecule has 0 aromatic heterocycles. The predicted molar refractivity (Wildman–Crippen MR) is 38.8 cm³/mol. The molecular formula is C7H16O3. The van der Waals surface area contributed by atoms with Crippen LogP contribution in [0.3, 0.4) is 0 Å². The van der Waals surface area contributed by atoms with E-state index in [0.29, 0.717) is 13.0 Å². The minimum atomic E-state index is -0.569. The Bertz CT molecular complexity index is 65.9. The summed E-state index contributed by atoms with van der Waals surface area (Å²) in [6.07, 6.45) is 0.868. The van der Waals surface area contributed by atoms with Gasteiger partial charge >= 0.3 is 0 Å². The van der Waals surface area contributed by atoms with Gasteiger partial charge in [0.25, 0.3) is 0 Å². The zero-order valence-electron chi connectivity index (χ0n) is 6.42. The topological polar surface area (TPSA) is 49.7 Å². The predicted octanol–water partition coefficient (Wildman–Crippen LogP) is 0.156. The Morgan fingerprint density at radius 3 is 2.70 bits per heavy atom. The van der Waals surface area contributed by atoms with E-state index in [-0.39, 0.29) is 6.61 Å². The number of rotatable bonds is 6. The van der Waals surface area contributed by atoms with E-state index in [0.717, 1.165) is 13.0 Å². The van der Waals surface area contributed by atoms with Gasteiger partial charge < -0.3 is 14.9 Å². The maximum Gasteiger partial charge on any atom is 0.0771 e. The van der Waals surface area contributed by atoms with E-state index in [1.807, 2.05) is 6.92 Å². The summed E-state index contributed by atoms with van der Waals surface area (Å²) in [4.78, 5) is 0. The normalized spacial score (nSPS) is 13.5. The zero-order valence-corrected chi connectivity index (χ0v) is 6.42. The molecule has 0 aliphatic carbocycles. The molecule has 3 nitrogen and oxygen atoms in total. The molecule has 0 heterocycles. The van der Waals surface area contributed by atoms with E-state index in [1.165, 1.54) is 0 Å². The van der Waals surface area contributed by atoms with Gasteiger partial charge in [0.15, 0.2) is 0 Å². The van der Waals surface area contributed by atoms with Crippen molar-refractivity contribution in [2.24, 2.45) is 0 Å². The molecule has 0 rings (SSSR count). The van der Waals surface area contributed by atoms with Crippen LogP contribution < -0.4 is 0 Å². The van der Waals surface area contributed by atoms with Crippen LogP contribution in [0.5, 0.6) is 0 Å². The molecule has 0 aromatic carbocycles. The Morgan fingerprint density at radius 1 is 1.50 bits per heavy atom. The number of hydrogen-bond acceptors (Lipinski definition) is 3. The number of ether oxygens (including phenoxy) is 1. The fourth-order valence-electron chi connectivity index (χ4n) is 0.657. The first kappa shape index (κ1) is 9.88. The van der Waals surface area contributed by atoms with Crippen molar-refractivity contribution in [2.75, 3.05) is 19.8 Å². The quantitative estimate of drug-likeness (QED) is 0.527. The smallest absolute Gasteiger partial charge is 0.0771 e. The molecule has 0 radical (unpaired) electrons. The van der Waals surface area contributed by atoms with Crippen molar-refractivity contribution in [1.29, 1.82) is 0 Å². The van der Waals surface area contributed by atoms with E-state index in [1.54, 1.807) is 0 Å². The highest BCUT2D eigenvalue weighted by Gasteiger charge is 1.99. The largest absolute Gasteiger partial charge is 0.394 e. The van der Waals surface area contributed by atoms with Crippen molar-refractivity contribution in [3.8, 4) is 0 Å². The summed E-state index contributed by atoms with van der Waals surface area (Å²) >= 11 is 0. The summed E-state index contributed by atoms with van der Waals surface area (Å²) in [5.41, 5.74) is 0. The van der Waals surface area contributed by atoms with Gasteiger partial charge in [0.2, 0.25) is 0 Å². The van der Waals surface area contributed by atoms with Crippen LogP contribution in [0.1, 0.15) is 19.8 Å². The molecule has 0 aliphatic rings. The number of aliphatic hydroxyl groups excluding tert-OH is 2. The fourth-order valence-corrected chi connectivity index (χ4v) is 0.657. The summed E-state index contributed by atoms with van der Waals surface area (Å²) in [6.45, 7) is 3.18. The molecule has 0 saturated carbocycles. The Hall–Kier alpha value is -0.120. The van der Waals surface area contributed by atoms with Gasteiger partial charge in [-0.1, -0.05) is 0 Å². The van der Waals surface area contributed by atoms with Crippen molar-refractivity contribution in [2.45, 2.75) is 25.9 Å². The Kier molecular flexibility index (Phi) is 6.91. The number of hydrogen-bond donors (Lipinski definition) is 2. The van der Waals surface area contributed by atoms with Crippen LogP contribution in [-0.4, -0.2) is 36.1 Å². The third-order valence-corrected chi connectivity index (χ3v) is 1.24. The SMILES string of the molecule is CCOCCCC(O)CO. The van der Waals surface area contributed by atoms with E-state index < -0.39 is 6.10 Å². The van der Waals surface area contributed by atoms with Crippen molar-refractivity contribution in [1.82, 2.24) is 0 Å². The molecular weight excluding hydrogens is 132 g/mol. The van der Waals surface area contributed by atoms with Crippen LogP contribution in [0.25, 0.3) is 0 Å². The van der Waals surface area contributed by atoms with Crippen LogP contribution in [0.2, 0.25) is 0 Å². The van der Waals surface area contributed by atoms with Gasteiger partial charge in [-0.15, -0.1) is 0 Å². The van der Waals surface area contributed by atoms with E-state index in [9.17, 15) is 0 Å². The van der Waals surface area contributed by atoms with Crippen LogP contribution in [0.15, 0.2) is 0 Å². The van der Waals surface area contributed by atoms with Crippen LogP contribution in [0.4, 0.5) is 0 Å². The second-order valence-corrected chi connectivity index (χ2v) is 2.18. The molecule has 3 heteroatoms. The number of aliphatic hydroxyl groups is 2. The third-order valence-electron chi connectivity index (χ3n) is 1.24. The van der Waals surface area contributed by atoms with Gasteiger partial charge in [0, 0.05) is 13.2 Å². The van der Waals surface area contributed by atoms with Gasteiger partial charge in [-0.05, 0) is 19.8 Å². The molecule has 2 N–H and O–H groups in total. The van der Waals surface area contributed by atoms with Gasteiger partial charge in [0.1, 0.15) is 0 Å². The second-order valence-electron chi connectivity index (χ2n) is 2.18. The average Bonchev–Trinajstić information content (AvgIpc) is 1.98. The maximum absolute atomic E-state index is 8.85. The molecule has 10 heavy (non-hydrogen) atoms. The Labute approximate surface area is 61.6 Å². The lowest BCUT2D eigenvalue weighted by Gasteiger charge is -2.05. The van der Waals surface area contributed by atoms with Gasteiger partial charge in [-0.2, -0.15) is 0 Å². The molecule has 1 unspecified atom stereocenters. The van der Waals surface area contributed by atoms with E-state index in [4.69, 9.17) is 14.9 Å². The highest BCUT2D eigenvalue weighted by molar-refractivity contribution is 4.51. The summed E-state index contributed by atoms with van der Waals surface area (Å²) in [5.74, 6) is 0. The molecule has 62 valence electrons. The zero-order chi connectivity index (χ0) is 7.82. The Balaban J connectivity index is 2.89. The van der Waals surface area contributed by atoms with Crippen LogP contribution in [-0.2, 0) is 4.74 Å². The van der Waals surface area contributed by atoms with Gasteiger partial charge in [-0.3, -0.25) is 0 Å². The van der Waals surface area contributed by atoms with Crippen molar-refractivity contribution < 1.29 is 14.9 Å². The molecule has 0 amide bonds. The lowest BCUT2D eigenvalue weighted by molar-refractivity contribution is 0.0724. The van der Waals surface area contributed by atoms with Crippen molar-refractivity contribution in [3.63, 3.8) is 0 Å². The van der Waals surface area contributed by atoms with E-state index in [2.05, 4.69) is 0 Å². The second kappa shape index (κ2) is 6.99. The Morgan fingerprint density at radius 2 is 2.20 bits per heavy atom. The standard InChI is InChI=1S/C7H16O3/c1-2-10-5-3-4-7(9)6-8/h7-9H,2-6H2,1H3. The highest BCUT2D eigenvalue weighted by atomic mass is 16.5. The van der Waals surface area contributed by atoms with Crippen molar-refractivity contribution in [3.05, 3.63) is 0 Å². The minimum Gasteiger partial charge on any atom is -0.394 e. The van der Waals surface area contributed by atoms with E-state index >= 15 is 0 Å². The first-order valence-electron chi connectivity index (χ1n) is 3.68. The van der Waals surface area contributed by atoms with Crippen LogP contribution in [0, 0.1) is 0 Å². The summed E-state index contributed by atoms with van der Waals surface area (Å²) in [7, 11) is 0. The fraction of sp³-hybridized carbons (Fsp3) is 1.00. The molecule has 0 spiro atoms. The first-order chi connectivity index (χ1) is 4.81. The molecule has 0 bridgehead atoms. The molecule has 0 saturated heterocycles. The average molecular weight is 148 g/mol. The molecule has 1 atom stereocenters. The minimum absolute atomic E-state index is 0.147. The third kappa shape index (κ3) is 6.01. The van der Waals surface area contributed by atoms with Gasteiger partial charge in [0.05, 0.1) is 12.7 Å². The van der Waals surface area contributed by atoms with Crippen molar-refractivity contribution >= 4 is 0 Å². The summed E-state index contributed by atoms with van der Waals surface area (Å²) < 4.78 is 5.04. The summed E-state index contributed by atoms with van der Waals surface area (Å²) in [6, 6.07) is 0. The lowest BCUT2D eigenvalue weighted by Crippen LogP contribution is -2.12. The molecule has 0 aliphatic heterocycles. The first-order valence-corrected chi connectivity index (χ1v) is 3.68. The monoisotopic (exact) mass is 148 g/mol. The lowest BCUT2D eigenvalue weighted by atomic mass is 10.2. The highest BCUT2D eigenvalue weighted by Crippen LogP contribution is 1.95. The summed E-state index contributed by atoms with van der Waals surface area (Å²) in [5, 5.41) is 17.3.